The van der Waals surface area contributed by atoms with Crippen molar-refractivity contribution in [3.05, 3.63) is 35.4 Å². The molecule has 3 unspecified atom stereocenters. The van der Waals surface area contributed by atoms with Gasteiger partial charge in [0.15, 0.2) is 0 Å². The lowest BCUT2D eigenvalue weighted by Crippen LogP contribution is -2.41. The minimum atomic E-state index is 0.860. The molecule has 1 saturated carbocycles. The van der Waals surface area contributed by atoms with Crippen LogP contribution in [0, 0.1) is 17.8 Å². The molecular weight excluding hydrogens is 256 g/mol. The highest BCUT2D eigenvalue weighted by atomic mass is 15.2. The molecule has 2 heteroatoms. The molecule has 1 aromatic carbocycles. The molecule has 3 aliphatic rings. The molecule has 0 aromatic heterocycles. The van der Waals surface area contributed by atoms with E-state index in [4.69, 9.17) is 0 Å². The van der Waals surface area contributed by atoms with Crippen molar-refractivity contribution in [1.82, 2.24) is 10.2 Å². The van der Waals surface area contributed by atoms with E-state index in [0.717, 1.165) is 23.8 Å². The van der Waals surface area contributed by atoms with Crippen LogP contribution in [0.5, 0.6) is 0 Å². The number of likely N-dealkylation sites (tertiary alicyclic amines) is 1. The number of nitrogens with one attached hydrogen (secondary N) is 1. The van der Waals surface area contributed by atoms with E-state index in [1.807, 2.05) is 0 Å². The lowest BCUT2D eigenvalue weighted by Gasteiger charge is -2.32. The number of fused-ring (bicyclic) bond motifs is 3. The largest absolute Gasteiger partial charge is 0.319 e. The van der Waals surface area contributed by atoms with Crippen LogP contribution in [0.4, 0.5) is 0 Å². The normalized spacial score (nSPS) is 35.7. The van der Waals surface area contributed by atoms with Crippen LogP contribution in [0.25, 0.3) is 0 Å². The van der Waals surface area contributed by atoms with Crippen molar-refractivity contribution in [3.8, 4) is 0 Å². The van der Waals surface area contributed by atoms with Crippen molar-refractivity contribution in [2.75, 3.05) is 26.7 Å². The topological polar surface area (TPSA) is 15.3 Å². The molecule has 114 valence electrons. The van der Waals surface area contributed by atoms with E-state index in [-0.39, 0.29) is 0 Å². The van der Waals surface area contributed by atoms with Crippen LogP contribution in [0.1, 0.15) is 30.4 Å². The highest BCUT2D eigenvalue weighted by Crippen LogP contribution is 2.43. The Morgan fingerprint density at radius 2 is 1.71 bits per heavy atom. The third-order valence-electron chi connectivity index (χ3n) is 6.19. The van der Waals surface area contributed by atoms with Gasteiger partial charge in [0.25, 0.3) is 0 Å². The van der Waals surface area contributed by atoms with E-state index in [1.165, 1.54) is 51.7 Å². The van der Waals surface area contributed by atoms with Crippen molar-refractivity contribution in [2.45, 2.75) is 38.1 Å². The minimum Gasteiger partial charge on any atom is -0.319 e. The molecule has 1 aliphatic heterocycles. The summed E-state index contributed by atoms with van der Waals surface area (Å²) in [5.41, 5.74) is 3.28. The Morgan fingerprint density at radius 3 is 2.33 bits per heavy atom. The lowest BCUT2D eigenvalue weighted by atomic mass is 9.94. The monoisotopic (exact) mass is 284 g/mol. The molecule has 0 spiro atoms. The van der Waals surface area contributed by atoms with Gasteiger partial charge in [0.2, 0.25) is 0 Å². The summed E-state index contributed by atoms with van der Waals surface area (Å²) in [7, 11) is 2.09. The van der Waals surface area contributed by atoms with Crippen LogP contribution in [-0.2, 0) is 12.8 Å². The number of rotatable bonds is 3. The fourth-order valence-electron chi connectivity index (χ4n) is 5.31. The molecule has 4 rings (SSSR count). The van der Waals surface area contributed by atoms with Crippen LogP contribution in [-0.4, -0.2) is 37.6 Å². The summed E-state index contributed by atoms with van der Waals surface area (Å²) >= 11 is 0. The summed E-state index contributed by atoms with van der Waals surface area (Å²) in [5.74, 6) is 2.69. The molecule has 1 saturated heterocycles. The van der Waals surface area contributed by atoms with Crippen molar-refractivity contribution >= 4 is 0 Å². The fourth-order valence-corrected chi connectivity index (χ4v) is 5.31. The second-order valence-corrected chi connectivity index (χ2v) is 7.47. The van der Waals surface area contributed by atoms with Gasteiger partial charge in [-0.05, 0) is 81.1 Å². The molecule has 1 aromatic rings. The Hall–Kier alpha value is -0.860. The smallest absolute Gasteiger partial charge is 0.0158 e. The Labute approximate surface area is 128 Å². The molecule has 2 nitrogen and oxygen atoms in total. The van der Waals surface area contributed by atoms with Crippen molar-refractivity contribution in [1.29, 1.82) is 0 Å². The molecule has 2 fully saturated rings. The van der Waals surface area contributed by atoms with E-state index in [0.29, 0.717) is 0 Å². The summed E-state index contributed by atoms with van der Waals surface area (Å²) in [4.78, 5) is 2.86. The van der Waals surface area contributed by atoms with Gasteiger partial charge in [-0.3, -0.25) is 4.90 Å². The first kappa shape index (κ1) is 13.8. The average Bonchev–Trinajstić information content (AvgIpc) is 3.03. The molecule has 1 N–H and O–H groups in total. The summed E-state index contributed by atoms with van der Waals surface area (Å²) < 4.78 is 0. The maximum absolute atomic E-state index is 3.37. The molecule has 0 radical (unpaired) electrons. The van der Waals surface area contributed by atoms with Crippen LogP contribution in [0.2, 0.25) is 0 Å². The summed E-state index contributed by atoms with van der Waals surface area (Å²) in [6.45, 7) is 3.86. The van der Waals surface area contributed by atoms with Crippen LogP contribution in [0.3, 0.4) is 0 Å². The van der Waals surface area contributed by atoms with Gasteiger partial charge in [0.1, 0.15) is 0 Å². The predicted octanol–water partition coefficient (Wildman–Crippen LogP) is 2.72. The highest BCUT2D eigenvalue weighted by molar-refractivity contribution is 5.31. The molecule has 0 amide bonds. The quantitative estimate of drug-likeness (QED) is 0.918. The second-order valence-electron chi connectivity index (χ2n) is 7.47. The number of hydrogen-bond acceptors (Lipinski definition) is 2. The van der Waals surface area contributed by atoms with E-state index in [1.54, 1.807) is 11.1 Å². The van der Waals surface area contributed by atoms with Gasteiger partial charge in [-0.1, -0.05) is 24.3 Å². The van der Waals surface area contributed by atoms with E-state index in [2.05, 4.69) is 41.5 Å². The van der Waals surface area contributed by atoms with E-state index >= 15 is 0 Å². The van der Waals surface area contributed by atoms with Crippen LogP contribution < -0.4 is 5.32 Å². The molecule has 1 heterocycles. The third kappa shape index (κ3) is 2.53. The number of benzene rings is 1. The molecule has 2 bridgehead atoms. The predicted molar refractivity (Wildman–Crippen MR) is 87.5 cm³/mol. The number of nitrogens with zero attached hydrogens (tertiary/aromatic N) is 1. The summed E-state index contributed by atoms with van der Waals surface area (Å²) in [6.07, 6.45) is 6.95. The van der Waals surface area contributed by atoms with E-state index in [9.17, 15) is 0 Å². The zero-order chi connectivity index (χ0) is 14.2. The van der Waals surface area contributed by atoms with Gasteiger partial charge >= 0.3 is 0 Å². The van der Waals surface area contributed by atoms with E-state index < -0.39 is 0 Å². The summed E-state index contributed by atoms with van der Waals surface area (Å²) in [6, 6.07) is 10.1. The second kappa shape index (κ2) is 5.73. The first-order valence-electron chi connectivity index (χ1n) is 8.80. The van der Waals surface area contributed by atoms with Crippen LogP contribution >= 0.6 is 0 Å². The Morgan fingerprint density at radius 1 is 1.05 bits per heavy atom. The fraction of sp³-hybridized carbons (Fsp3) is 0.684. The average molecular weight is 284 g/mol. The van der Waals surface area contributed by atoms with Gasteiger partial charge in [-0.25, -0.2) is 0 Å². The highest BCUT2D eigenvalue weighted by Gasteiger charge is 2.43. The number of hydrogen-bond donors (Lipinski definition) is 1. The van der Waals surface area contributed by atoms with Crippen molar-refractivity contribution < 1.29 is 0 Å². The van der Waals surface area contributed by atoms with Gasteiger partial charge in [0.05, 0.1) is 0 Å². The zero-order valence-electron chi connectivity index (χ0n) is 13.2. The van der Waals surface area contributed by atoms with Gasteiger partial charge in [-0.2, -0.15) is 0 Å². The third-order valence-corrected chi connectivity index (χ3v) is 6.19. The molecular formula is C19H28N2. The Bertz CT molecular complexity index is 465. The first-order chi connectivity index (χ1) is 10.3. The Balaban J connectivity index is 1.53. The molecule has 3 atom stereocenters. The minimum absolute atomic E-state index is 0.860. The van der Waals surface area contributed by atoms with Crippen molar-refractivity contribution in [2.24, 2.45) is 17.8 Å². The lowest BCUT2D eigenvalue weighted by molar-refractivity contribution is 0.154. The van der Waals surface area contributed by atoms with Gasteiger partial charge in [0, 0.05) is 12.6 Å². The van der Waals surface area contributed by atoms with Gasteiger partial charge < -0.3 is 5.32 Å². The van der Waals surface area contributed by atoms with Crippen LogP contribution in [0.15, 0.2) is 24.3 Å². The zero-order valence-corrected chi connectivity index (χ0v) is 13.2. The maximum Gasteiger partial charge on any atom is 0.0158 e. The standard InChI is InChI=1S/C19H28N2/c1-20-12-14-8-9-21(13-14)19-17-6-7-18(19)11-16-5-3-2-4-15(16)10-17/h2-5,14,17-20H,6-13H2,1H3. The maximum atomic E-state index is 3.37. The van der Waals surface area contributed by atoms with Gasteiger partial charge in [-0.15, -0.1) is 0 Å². The molecule has 2 aliphatic carbocycles. The SMILES string of the molecule is CNCC1CCN(C2C3CCC2Cc2ccccc2C3)C1. The first-order valence-corrected chi connectivity index (χ1v) is 8.80. The Kier molecular flexibility index (Phi) is 3.76. The molecule has 21 heavy (non-hydrogen) atoms. The summed E-state index contributed by atoms with van der Waals surface area (Å²) in [5, 5.41) is 3.37. The van der Waals surface area contributed by atoms with Crippen molar-refractivity contribution in [3.63, 3.8) is 0 Å².